The maximum atomic E-state index is 11.0. The van der Waals surface area contributed by atoms with E-state index in [0.717, 1.165) is 6.26 Å². The fourth-order valence-corrected chi connectivity index (χ4v) is 1.37. The van der Waals surface area contributed by atoms with E-state index in [1.807, 2.05) is 6.07 Å². The highest BCUT2D eigenvalue weighted by Crippen LogP contribution is 2.07. The van der Waals surface area contributed by atoms with Gasteiger partial charge in [-0.25, -0.2) is 8.42 Å². The Morgan fingerprint density at radius 1 is 1.33 bits per heavy atom. The number of carbonyl (C=O) groups excluding carboxylic acids is 1. The van der Waals surface area contributed by atoms with E-state index >= 15 is 0 Å². The lowest BCUT2D eigenvalue weighted by molar-refractivity contribution is -0.121. The van der Waals surface area contributed by atoms with Gasteiger partial charge < -0.3 is 4.74 Å². The molecule has 82 valence electrons. The zero-order valence-electron chi connectivity index (χ0n) is 8.14. The number of sulfonamides is 1. The number of ether oxygens (including phenoxy) is 1. The number of amides is 1. The predicted octanol–water partition coefficient (Wildman–Crippen LogP) is 0.141. The summed E-state index contributed by atoms with van der Waals surface area (Å²) < 4.78 is 28.2. The molecule has 1 amide bonds. The second kappa shape index (κ2) is 4.79. The Hall–Kier alpha value is -1.56. The van der Waals surface area contributed by atoms with Gasteiger partial charge in [-0.3, -0.25) is 9.52 Å². The molecule has 0 fully saturated rings. The second-order valence-corrected chi connectivity index (χ2v) is 4.65. The van der Waals surface area contributed by atoms with Crippen LogP contribution in [0.2, 0.25) is 0 Å². The number of para-hydroxylation sites is 1. The van der Waals surface area contributed by atoms with Crippen LogP contribution in [0.3, 0.4) is 0 Å². The van der Waals surface area contributed by atoms with Crippen molar-refractivity contribution in [1.29, 1.82) is 0 Å². The van der Waals surface area contributed by atoms with Crippen molar-refractivity contribution < 1.29 is 17.9 Å². The van der Waals surface area contributed by atoms with Gasteiger partial charge in [0.25, 0.3) is 5.91 Å². The molecule has 0 aliphatic rings. The summed E-state index contributed by atoms with van der Waals surface area (Å²) in [6.07, 6.45) is 0.910. The molecule has 1 rings (SSSR count). The maximum Gasteiger partial charge on any atom is 0.271 e. The van der Waals surface area contributed by atoms with Crippen LogP contribution in [-0.4, -0.2) is 27.2 Å². The van der Waals surface area contributed by atoms with Crippen LogP contribution in [0.4, 0.5) is 0 Å². The molecule has 0 saturated heterocycles. The normalized spacial score (nSPS) is 10.7. The largest absolute Gasteiger partial charge is 0.484 e. The summed E-state index contributed by atoms with van der Waals surface area (Å²) in [5, 5.41) is 0. The Kier molecular flexibility index (Phi) is 3.68. The zero-order valence-corrected chi connectivity index (χ0v) is 8.95. The molecule has 6 heteroatoms. The molecule has 0 atom stereocenters. The molecule has 0 aromatic heterocycles. The van der Waals surface area contributed by atoms with Crippen LogP contribution in [-0.2, 0) is 14.8 Å². The van der Waals surface area contributed by atoms with Crippen LogP contribution >= 0.6 is 0 Å². The third-order valence-electron chi connectivity index (χ3n) is 1.41. The first kappa shape index (κ1) is 11.5. The number of hydrogen-bond acceptors (Lipinski definition) is 4. The molecule has 1 aromatic rings. The van der Waals surface area contributed by atoms with E-state index in [1.165, 1.54) is 0 Å². The van der Waals surface area contributed by atoms with Crippen molar-refractivity contribution in [2.75, 3.05) is 12.9 Å². The summed E-state index contributed by atoms with van der Waals surface area (Å²) >= 11 is 0. The summed E-state index contributed by atoms with van der Waals surface area (Å²) in [6.45, 7) is -0.322. The van der Waals surface area contributed by atoms with Gasteiger partial charge in [0, 0.05) is 0 Å². The van der Waals surface area contributed by atoms with Crippen molar-refractivity contribution >= 4 is 15.9 Å². The van der Waals surface area contributed by atoms with Crippen molar-refractivity contribution in [3.8, 4) is 5.75 Å². The molecule has 0 saturated carbocycles. The van der Waals surface area contributed by atoms with Crippen molar-refractivity contribution in [3.63, 3.8) is 0 Å². The van der Waals surface area contributed by atoms with Gasteiger partial charge in [-0.15, -0.1) is 0 Å². The molecule has 0 unspecified atom stereocenters. The number of nitrogens with one attached hydrogen (secondary N) is 1. The predicted molar refractivity (Wildman–Crippen MR) is 54.9 cm³/mol. The SMILES string of the molecule is CS(=O)(=O)NC(=O)COc1ccccc1. The Labute approximate surface area is 88.1 Å². The Morgan fingerprint density at radius 3 is 2.47 bits per heavy atom. The first-order chi connectivity index (χ1) is 6.97. The molecule has 0 bridgehead atoms. The quantitative estimate of drug-likeness (QED) is 0.797. The van der Waals surface area contributed by atoms with Crippen LogP contribution in [0, 0.1) is 0 Å². The Bertz CT molecular complexity index is 427. The Balaban J connectivity index is 2.42. The number of carbonyl (C=O) groups is 1. The molecular formula is C9H11NO4S. The number of rotatable bonds is 4. The minimum absolute atomic E-state index is 0.322. The average molecular weight is 229 g/mol. The average Bonchev–Trinajstić information content (AvgIpc) is 2.14. The van der Waals surface area contributed by atoms with Crippen molar-refractivity contribution in [2.45, 2.75) is 0 Å². The van der Waals surface area contributed by atoms with Crippen molar-refractivity contribution in [3.05, 3.63) is 30.3 Å². The molecule has 15 heavy (non-hydrogen) atoms. The number of hydrogen-bond donors (Lipinski definition) is 1. The lowest BCUT2D eigenvalue weighted by Gasteiger charge is -2.05. The van der Waals surface area contributed by atoms with E-state index in [1.54, 1.807) is 29.0 Å². The van der Waals surface area contributed by atoms with E-state index in [9.17, 15) is 13.2 Å². The molecule has 0 aliphatic heterocycles. The second-order valence-electron chi connectivity index (χ2n) is 2.90. The zero-order chi connectivity index (χ0) is 11.3. The summed E-state index contributed by atoms with van der Waals surface area (Å²) in [5.74, 6) is -0.178. The molecule has 0 radical (unpaired) electrons. The standard InChI is InChI=1S/C9H11NO4S/c1-15(12,13)10-9(11)7-14-8-5-3-2-4-6-8/h2-6H,7H2,1H3,(H,10,11). The minimum atomic E-state index is -3.51. The van der Waals surface area contributed by atoms with E-state index in [0.29, 0.717) is 5.75 Å². The van der Waals surface area contributed by atoms with Gasteiger partial charge in [0.1, 0.15) is 5.75 Å². The van der Waals surface area contributed by atoms with E-state index < -0.39 is 15.9 Å². The lowest BCUT2D eigenvalue weighted by atomic mass is 10.3. The third-order valence-corrected chi connectivity index (χ3v) is 2.01. The van der Waals surface area contributed by atoms with E-state index in [-0.39, 0.29) is 6.61 Å². The van der Waals surface area contributed by atoms with Crippen molar-refractivity contribution in [2.24, 2.45) is 0 Å². The van der Waals surface area contributed by atoms with Gasteiger partial charge in [0.15, 0.2) is 6.61 Å². The van der Waals surface area contributed by atoms with Gasteiger partial charge in [-0.2, -0.15) is 0 Å². The van der Waals surface area contributed by atoms with Crippen LogP contribution in [0.1, 0.15) is 0 Å². The molecule has 1 N–H and O–H groups in total. The van der Waals surface area contributed by atoms with Gasteiger partial charge in [0.2, 0.25) is 10.0 Å². The van der Waals surface area contributed by atoms with Gasteiger partial charge in [-0.1, -0.05) is 18.2 Å². The summed E-state index contributed by atoms with van der Waals surface area (Å²) in [6, 6.07) is 8.67. The molecule has 0 heterocycles. The minimum Gasteiger partial charge on any atom is -0.484 e. The third kappa shape index (κ3) is 5.02. The Morgan fingerprint density at radius 2 is 1.93 bits per heavy atom. The smallest absolute Gasteiger partial charge is 0.271 e. The molecular weight excluding hydrogens is 218 g/mol. The highest BCUT2D eigenvalue weighted by atomic mass is 32.2. The van der Waals surface area contributed by atoms with E-state index in [2.05, 4.69) is 0 Å². The maximum absolute atomic E-state index is 11.0. The van der Waals surface area contributed by atoms with Gasteiger partial charge in [0.05, 0.1) is 6.26 Å². The van der Waals surface area contributed by atoms with E-state index in [4.69, 9.17) is 4.74 Å². The molecule has 1 aromatic carbocycles. The molecule has 5 nitrogen and oxygen atoms in total. The highest BCUT2D eigenvalue weighted by Gasteiger charge is 2.08. The number of benzene rings is 1. The first-order valence-electron chi connectivity index (χ1n) is 4.16. The first-order valence-corrected chi connectivity index (χ1v) is 6.05. The van der Waals surface area contributed by atoms with Gasteiger partial charge in [-0.05, 0) is 12.1 Å². The fraction of sp³-hybridized carbons (Fsp3) is 0.222. The molecule has 0 aliphatic carbocycles. The monoisotopic (exact) mass is 229 g/mol. The lowest BCUT2D eigenvalue weighted by Crippen LogP contribution is -2.33. The van der Waals surface area contributed by atoms with Gasteiger partial charge >= 0.3 is 0 Å². The highest BCUT2D eigenvalue weighted by molar-refractivity contribution is 7.89. The van der Waals surface area contributed by atoms with Crippen LogP contribution in [0.15, 0.2) is 30.3 Å². The van der Waals surface area contributed by atoms with Crippen molar-refractivity contribution in [1.82, 2.24) is 4.72 Å². The van der Waals surface area contributed by atoms with Crippen LogP contribution < -0.4 is 9.46 Å². The fourth-order valence-electron chi connectivity index (χ4n) is 0.902. The van der Waals surface area contributed by atoms with Crippen LogP contribution in [0.25, 0.3) is 0 Å². The summed E-state index contributed by atoms with van der Waals surface area (Å²) in [5.41, 5.74) is 0. The molecule has 0 spiro atoms. The summed E-state index contributed by atoms with van der Waals surface area (Å²) in [7, 11) is -3.51. The summed E-state index contributed by atoms with van der Waals surface area (Å²) in [4.78, 5) is 11.0. The topological polar surface area (TPSA) is 72.5 Å². The van der Waals surface area contributed by atoms with Crippen LogP contribution in [0.5, 0.6) is 5.75 Å².